The minimum Gasteiger partial charge on any atom is -0.496 e. The number of alkyl halides is 4. The standard InChI is InChI=1S/C31H34F4N4O4/c1-6-21(18-13-36-12-15-8-7-9-22(43-5)23(15)18)37-27(40)25-24-17-10-16(11-20(17)32)19(24)14-39(25)28(41)26(30(2,3)4)38-29(42)31(33,34)35/h1,7-9,12-13,16-17,19-21,24-26H,10-11,14H2,2-5H3,(H,37,40)(H,38,42)/t16-,17+,19+,20+,21+,24-,25-,26+/m0/s1. The van der Waals surface area contributed by atoms with E-state index in [0.29, 0.717) is 34.9 Å². The molecule has 2 N–H and O–H groups in total. The first-order valence-electron chi connectivity index (χ1n) is 14.2. The Morgan fingerprint density at radius 1 is 1.12 bits per heavy atom. The van der Waals surface area contributed by atoms with Gasteiger partial charge in [-0.1, -0.05) is 38.8 Å². The Balaban J connectivity index is 1.51. The van der Waals surface area contributed by atoms with Gasteiger partial charge in [0, 0.05) is 35.3 Å². The Morgan fingerprint density at radius 2 is 1.84 bits per heavy atom. The zero-order chi connectivity index (χ0) is 31.4. The maximum atomic E-state index is 15.1. The molecule has 0 spiro atoms. The maximum absolute atomic E-state index is 15.1. The molecule has 5 rings (SSSR count). The molecule has 1 saturated heterocycles. The van der Waals surface area contributed by atoms with Gasteiger partial charge in [0.15, 0.2) is 0 Å². The summed E-state index contributed by atoms with van der Waals surface area (Å²) in [6, 6.07) is 1.53. The smallest absolute Gasteiger partial charge is 0.471 e. The van der Waals surface area contributed by atoms with Crippen LogP contribution in [-0.4, -0.2) is 65.7 Å². The zero-order valence-corrected chi connectivity index (χ0v) is 24.2. The van der Waals surface area contributed by atoms with Crippen LogP contribution in [0.5, 0.6) is 5.75 Å². The molecular weight excluding hydrogens is 568 g/mol. The molecule has 230 valence electrons. The van der Waals surface area contributed by atoms with Gasteiger partial charge in [-0.05, 0) is 48.0 Å². The summed E-state index contributed by atoms with van der Waals surface area (Å²) in [5.41, 5.74) is -0.662. The van der Waals surface area contributed by atoms with Crippen molar-refractivity contribution in [1.82, 2.24) is 20.5 Å². The molecule has 2 saturated carbocycles. The quantitative estimate of drug-likeness (QED) is 0.386. The van der Waals surface area contributed by atoms with Crippen LogP contribution in [0.3, 0.4) is 0 Å². The van der Waals surface area contributed by atoms with Crippen molar-refractivity contribution in [3.8, 4) is 18.1 Å². The van der Waals surface area contributed by atoms with Gasteiger partial charge in [-0.3, -0.25) is 19.4 Å². The van der Waals surface area contributed by atoms with Crippen LogP contribution < -0.4 is 15.4 Å². The van der Waals surface area contributed by atoms with Gasteiger partial charge in [0.05, 0.1) is 7.11 Å². The van der Waals surface area contributed by atoms with E-state index < -0.39 is 65.4 Å². The summed E-state index contributed by atoms with van der Waals surface area (Å²) in [5, 5.41) is 6.01. The molecule has 1 aromatic carbocycles. The van der Waals surface area contributed by atoms with E-state index >= 15 is 4.39 Å². The molecule has 8 nitrogen and oxygen atoms in total. The topological polar surface area (TPSA) is 101 Å². The summed E-state index contributed by atoms with van der Waals surface area (Å²) in [6.07, 6.45) is 3.53. The highest BCUT2D eigenvalue weighted by Gasteiger charge is 2.63. The molecule has 1 aromatic heterocycles. The van der Waals surface area contributed by atoms with E-state index in [1.807, 2.05) is 11.4 Å². The summed E-state index contributed by atoms with van der Waals surface area (Å²) in [6.45, 7) is 4.63. The van der Waals surface area contributed by atoms with Crippen molar-refractivity contribution in [2.75, 3.05) is 13.7 Å². The number of halogens is 4. The first-order chi connectivity index (χ1) is 20.2. The van der Waals surface area contributed by atoms with Crippen molar-refractivity contribution in [3.05, 3.63) is 36.2 Å². The van der Waals surface area contributed by atoms with Crippen LogP contribution >= 0.6 is 0 Å². The minimum absolute atomic E-state index is 0.0638. The van der Waals surface area contributed by atoms with Gasteiger partial charge < -0.3 is 20.3 Å². The fourth-order valence-electron chi connectivity index (χ4n) is 7.35. The van der Waals surface area contributed by atoms with Gasteiger partial charge in [-0.25, -0.2) is 4.39 Å². The number of pyridine rings is 1. The van der Waals surface area contributed by atoms with Crippen LogP contribution in [0.1, 0.15) is 45.2 Å². The van der Waals surface area contributed by atoms with Crippen molar-refractivity contribution in [2.45, 2.75) is 64.1 Å². The second-order valence-corrected chi connectivity index (χ2v) is 12.8. The number of nitrogens with zero attached hydrogens (tertiary/aromatic N) is 2. The van der Waals surface area contributed by atoms with Gasteiger partial charge in [0.1, 0.15) is 30.0 Å². The lowest BCUT2D eigenvalue weighted by Gasteiger charge is -2.37. The van der Waals surface area contributed by atoms with Crippen LogP contribution in [0.15, 0.2) is 30.6 Å². The van der Waals surface area contributed by atoms with Crippen LogP contribution in [0.4, 0.5) is 17.6 Å². The molecule has 12 heteroatoms. The average molecular weight is 603 g/mol. The molecule has 8 atom stereocenters. The maximum Gasteiger partial charge on any atom is 0.471 e. The number of amides is 3. The Labute approximate surface area is 246 Å². The molecule has 2 bridgehead atoms. The highest BCUT2D eigenvalue weighted by molar-refractivity contribution is 5.95. The van der Waals surface area contributed by atoms with Crippen LogP contribution in [0, 0.1) is 41.4 Å². The number of fused-ring (bicyclic) bond motifs is 6. The lowest BCUT2D eigenvalue weighted by Crippen LogP contribution is -2.60. The molecule has 3 aliphatic rings. The number of likely N-dealkylation sites (tertiary alicyclic amines) is 1. The van der Waals surface area contributed by atoms with E-state index in [1.54, 1.807) is 18.3 Å². The van der Waals surface area contributed by atoms with Gasteiger partial charge in [0.25, 0.3) is 0 Å². The lowest BCUT2D eigenvalue weighted by molar-refractivity contribution is -0.176. The molecule has 3 amide bonds. The first-order valence-corrected chi connectivity index (χ1v) is 14.2. The number of nitrogens with one attached hydrogen (secondary N) is 2. The van der Waals surface area contributed by atoms with Crippen molar-refractivity contribution < 1.29 is 36.7 Å². The third-order valence-electron chi connectivity index (χ3n) is 9.23. The van der Waals surface area contributed by atoms with Crippen molar-refractivity contribution >= 4 is 28.5 Å². The number of hydrogen-bond acceptors (Lipinski definition) is 5. The molecule has 0 unspecified atom stereocenters. The van der Waals surface area contributed by atoms with Crippen molar-refractivity contribution in [2.24, 2.45) is 29.1 Å². The highest BCUT2D eigenvalue weighted by atomic mass is 19.4. The van der Waals surface area contributed by atoms with E-state index in [0.717, 1.165) is 0 Å². The monoisotopic (exact) mass is 602 g/mol. The number of carbonyl (C=O) groups excluding carboxylic acids is 3. The molecule has 3 fully saturated rings. The predicted octanol–water partition coefficient (Wildman–Crippen LogP) is 3.95. The van der Waals surface area contributed by atoms with Crippen molar-refractivity contribution in [3.63, 3.8) is 0 Å². The summed E-state index contributed by atoms with van der Waals surface area (Å²) < 4.78 is 60.2. The fourth-order valence-corrected chi connectivity index (χ4v) is 7.35. The third-order valence-corrected chi connectivity index (χ3v) is 9.23. The van der Waals surface area contributed by atoms with E-state index in [1.165, 1.54) is 39.0 Å². The van der Waals surface area contributed by atoms with E-state index in [-0.39, 0.29) is 18.4 Å². The minimum atomic E-state index is -5.21. The number of aromatic nitrogens is 1. The molecule has 1 aliphatic heterocycles. The van der Waals surface area contributed by atoms with Gasteiger partial charge in [-0.2, -0.15) is 13.2 Å². The van der Waals surface area contributed by atoms with Gasteiger partial charge in [0.2, 0.25) is 11.8 Å². The number of carbonyl (C=O) groups is 3. The second kappa shape index (κ2) is 11.0. The summed E-state index contributed by atoms with van der Waals surface area (Å²) in [4.78, 5) is 45.5. The summed E-state index contributed by atoms with van der Waals surface area (Å²) >= 11 is 0. The molecule has 2 heterocycles. The Kier molecular flexibility index (Phi) is 7.82. The van der Waals surface area contributed by atoms with E-state index in [2.05, 4.69) is 16.2 Å². The van der Waals surface area contributed by atoms with Crippen LogP contribution in [-0.2, 0) is 14.4 Å². The van der Waals surface area contributed by atoms with Crippen molar-refractivity contribution in [1.29, 1.82) is 0 Å². The number of benzene rings is 1. The van der Waals surface area contributed by atoms with Crippen LogP contribution in [0.2, 0.25) is 0 Å². The predicted molar refractivity (Wildman–Crippen MR) is 149 cm³/mol. The number of rotatable bonds is 6. The van der Waals surface area contributed by atoms with Crippen LogP contribution in [0.25, 0.3) is 10.8 Å². The third kappa shape index (κ3) is 5.38. The molecular formula is C31H34F4N4O4. The first kappa shape index (κ1) is 30.6. The van der Waals surface area contributed by atoms with E-state index in [9.17, 15) is 27.6 Å². The molecule has 43 heavy (non-hydrogen) atoms. The normalized spacial score (nSPS) is 27.7. The number of hydrogen-bond donors (Lipinski definition) is 2. The van der Waals surface area contributed by atoms with Gasteiger partial charge in [-0.15, -0.1) is 6.42 Å². The zero-order valence-electron chi connectivity index (χ0n) is 24.2. The Morgan fingerprint density at radius 3 is 2.47 bits per heavy atom. The lowest BCUT2D eigenvalue weighted by atomic mass is 9.77. The second-order valence-electron chi connectivity index (χ2n) is 12.8. The Bertz CT molecular complexity index is 1480. The SMILES string of the molecule is C#C[C@@H](NC(=O)[C@@H]1[C@@H]2[C@H](CN1C(=O)[C@@H](NC(=O)C(F)(F)F)C(C)(C)C)[C@H]1C[C@@H]2[C@H](F)C1)c1cncc2cccc(OC)c12. The molecule has 2 aliphatic carbocycles. The molecule has 2 aromatic rings. The number of ether oxygens (including phenoxy) is 1. The number of methoxy groups -OCH3 is 1. The Hall–Kier alpha value is -3.88. The fraction of sp³-hybridized carbons (Fsp3) is 0.548. The largest absolute Gasteiger partial charge is 0.496 e. The summed E-state index contributed by atoms with van der Waals surface area (Å²) in [7, 11) is 1.50. The number of terminal acetylenes is 1. The van der Waals surface area contributed by atoms with E-state index in [4.69, 9.17) is 11.2 Å². The van der Waals surface area contributed by atoms with Gasteiger partial charge >= 0.3 is 12.1 Å². The highest BCUT2D eigenvalue weighted by Crippen LogP contribution is 2.58. The average Bonchev–Trinajstić information content (AvgIpc) is 3.62. The molecule has 0 radical (unpaired) electrons. The summed E-state index contributed by atoms with van der Waals surface area (Å²) in [5.74, 6) is -1.97.